The summed E-state index contributed by atoms with van der Waals surface area (Å²) in [5.41, 5.74) is 0.239. The quantitative estimate of drug-likeness (QED) is 0.884. The Morgan fingerprint density at radius 3 is 3.12 bits per heavy atom. The van der Waals surface area contributed by atoms with Gasteiger partial charge in [0.05, 0.1) is 19.0 Å². The van der Waals surface area contributed by atoms with Crippen LogP contribution >= 0.6 is 11.6 Å². The standard InChI is InChI=1S/C11H14ClN3O2/c1-7(8-2-3-17-6-8)14-11(16)9-4-13-5-10(12)15-9/h4-5,7-8H,2-3,6H2,1H3,(H,14,16). The van der Waals surface area contributed by atoms with Gasteiger partial charge in [-0.3, -0.25) is 9.78 Å². The van der Waals surface area contributed by atoms with E-state index < -0.39 is 0 Å². The molecular formula is C11H14ClN3O2. The fourth-order valence-corrected chi connectivity index (χ4v) is 1.94. The molecule has 0 aromatic carbocycles. The summed E-state index contributed by atoms with van der Waals surface area (Å²) in [6.07, 6.45) is 3.77. The third-order valence-corrected chi connectivity index (χ3v) is 3.05. The molecule has 0 saturated carbocycles. The SMILES string of the molecule is CC(NC(=O)c1cncc(Cl)n1)C1CCOC1. The molecule has 0 radical (unpaired) electrons. The number of carbonyl (C=O) groups excluding carboxylic acids is 1. The largest absolute Gasteiger partial charge is 0.381 e. The number of halogens is 1. The van der Waals surface area contributed by atoms with Crippen molar-refractivity contribution in [3.05, 3.63) is 23.2 Å². The summed E-state index contributed by atoms with van der Waals surface area (Å²) in [6, 6.07) is 0.0609. The van der Waals surface area contributed by atoms with Crippen molar-refractivity contribution < 1.29 is 9.53 Å². The number of carbonyl (C=O) groups is 1. The minimum atomic E-state index is -0.251. The zero-order valence-electron chi connectivity index (χ0n) is 9.52. The number of nitrogens with zero attached hydrogens (tertiary/aromatic N) is 2. The summed E-state index contributed by atoms with van der Waals surface area (Å²) < 4.78 is 5.28. The van der Waals surface area contributed by atoms with Crippen LogP contribution in [-0.2, 0) is 4.74 Å². The van der Waals surface area contributed by atoms with Crippen molar-refractivity contribution in [3.8, 4) is 0 Å². The number of amides is 1. The first-order valence-corrected chi connectivity index (χ1v) is 5.91. The summed E-state index contributed by atoms with van der Waals surface area (Å²) in [5.74, 6) is 0.116. The molecule has 1 aromatic heterocycles. The van der Waals surface area contributed by atoms with E-state index in [1.54, 1.807) is 0 Å². The van der Waals surface area contributed by atoms with Crippen molar-refractivity contribution in [2.24, 2.45) is 5.92 Å². The number of hydrogen-bond acceptors (Lipinski definition) is 4. The van der Waals surface area contributed by atoms with Gasteiger partial charge in [0.2, 0.25) is 0 Å². The Bertz CT molecular complexity index is 407. The minimum Gasteiger partial charge on any atom is -0.381 e. The molecule has 1 aliphatic rings. The molecule has 2 heterocycles. The number of nitrogens with one attached hydrogen (secondary N) is 1. The molecule has 1 saturated heterocycles. The molecule has 0 aliphatic carbocycles. The van der Waals surface area contributed by atoms with Crippen LogP contribution in [0.2, 0.25) is 5.15 Å². The van der Waals surface area contributed by atoms with E-state index in [1.165, 1.54) is 12.4 Å². The predicted molar refractivity (Wildman–Crippen MR) is 62.9 cm³/mol. The van der Waals surface area contributed by atoms with Gasteiger partial charge in [0.15, 0.2) is 0 Å². The smallest absolute Gasteiger partial charge is 0.271 e. The lowest BCUT2D eigenvalue weighted by Crippen LogP contribution is -2.38. The van der Waals surface area contributed by atoms with E-state index in [1.807, 2.05) is 6.92 Å². The molecule has 0 bridgehead atoms. The van der Waals surface area contributed by atoms with Crippen LogP contribution in [-0.4, -0.2) is 35.1 Å². The third-order valence-electron chi connectivity index (χ3n) is 2.87. The zero-order chi connectivity index (χ0) is 12.3. The van der Waals surface area contributed by atoms with E-state index >= 15 is 0 Å². The van der Waals surface area contributed by atoms with Gasteiger partial charge in [0, 0.05) is 18.6 Å². The molecule has 0 spiro atoms. The summed E-state index contributed by atoms with van der Waals surface area (Å²) in [6.45, 7) is 3.43. The van der Waals surface area contributed by atoms with Crippen molar-refractivity contribution in [2.75, 3.05) is 13.2 Å². The van der Waals surface area contributed by atoms with Crippen LogP contribution < -0.4 is 5.32 Å². The van der Waals surface area contributed by atoms with Crippen molar-refractivity contribution >= 4 is 17.5 Å². The van der Waals surface area contributed by atoms with Crippen LogP contribution in [0.4, 0.5) is 0 Å². The average Bonchev–Trinajstić information content (AvgIpc) is 2.82. The highest BCUT2D eigenvalue weighted by atomic mass is 35.5. The van der Waals surface area contributed by atoms with Crippen LogP contribution in [0.5, 0.6) is 0 Å². The van der Waals surface area contributed by atoms with Gasteiger partial charge in [-0.25, -0.2) is 4.98 Å². The van der Waals surface area contributed by atoms with E-state index in [0.717, 1.165) is 13.0 Å². The highest BCUT2D eigenvalue weighted by Gasteiger charge is 2.24. The molecule has 2 rings (SSSR count). The molecule has 1 aromatic rings. The van der Waals surface area contributed by atoms with Gasteiger partial charge in [-0.15, -0.1) is 0 Å². The second kappa shape index (κ2) is 5.42. The molecule has 6 heteroatoms. The first-order valence-electron chi connectivity index (χ1n) is 5.53. The van der Waals surface area contributed by atoms with Crippen molar-refractivity contribution in [3.63, 3.8) is 0 Å². The van der Waals surface area contributed by atoms with Gasteiger partial charge >= 0.3 is 0 Å². The van der Waals surface area contributed by atoms with E-state index in [2.05, 4.69) is 15.3 Å². The van der Waals surface area contributed by atoms with Gasteiger partial charge in [0.1, 0.15) is 10.8 Å². The first kappa shape index (κ1) is 12.3. The Hall–Kier alpha value is -1.20. The van der Waals surface area contributed by atoms with Gasteiger partial charge < -0.3 is 10.1 Å². The van der Waals surface area contributed by atoms with Crippen molar-refractivity contribution in [1.29, 1.82) is 0 Å². The van der Waals surface area contributed by atoms with Crippen molar-refractivity contribution in [1.82, 2.24) is 15.3 Å². The van der Waals surface area contributed by atoms with Crippen molar-refractivity contribution in [2.45, 2.75) is 19.4 Å². The highest BCUT2D eigenvalue weighted by molar-refractivity contribution is 6.29. The van der Waals surface area contributed by atoms with E-state index in [0.29, 0.717) is 12.5 Å². The van der Waals surface area contributed by atoms with Crippen LogP contribution in [0.3, 0.4) is 0 Å². The fourth-order valence-electron chi connectivity index (χ4n) is 1.80. The highest BCUT2D eigenvalue weighted by Crippen LogP contribution is 2.16. The first-order chi connectivity index (χ1) is 8.16. The molecule has 1 fully saturated rings. The van der Waals surface area contributed by atoms with E-state index in [-0.39, 0.29) is 22.8 Å². The predicted octanol–water partition coefficient (Wildman–Crippen LogP) is 1.28. The molecule has 92 valence electrons. The monoisotopic (exact) mass is 255 g/mol. The Balaban J connectivity index is 1.96. The Kier molecular flexibility index (Phi) is 3.91. The molecule has 2 unspecified atom stereocenters. The maximum atomic E-state index is 11.9. The van der Waals surface area contributed by atoms with Crippen LogP contribution in [0.25, 0.3) is 0 Å². The van der Waals surface area contributed by atoms with Gasteiger partial charge in [-0.05, 0) is 13.3 Å². The second-order valence-electron chi connectivity index (χ2n) is 4.11. The number of hydrogen-bond donors (Lipinski definition) is 1. The number of aromatic nitrogens is 2. The lowest BCUT2D eigenvalue weighted by Gasteiger charge is -2.18. The van der Waals surface area contributed by atoms with Crippen LogP contribution in [0.15, 0.2) is 12.4 Å². The lowest BCUT2D eigenvalue weighted by molar-refractivity contribution is 0.0916. The maximum Gasteiger partial charge on any atom is 0.271 e. The summed E-state index contributed by atoms with van der Waals surface area (Å²) in [7, 11) is 0. The normalized spacial score (nSPS) is 21.2. The molecule has 1 amide bonds. The molecular weight excluding hydrogens is 242 g/mol. The van der Waals surface area contributed by atoms with E-state index in [4.69, 9.17) is 16.3 Å². The van der Waals surface area contributed by atoms with E-state index in [9.17, 15) is 4.79 Å². The third kappa shape index (κ3) is 3.14. The van der Waals surface area contributed by atoms with Gasteiger partial charge in [-0.1, -0.05) is 11.6 Å². The summed E-state index contributed by atoms with van der Waals surface area (Å²) in [5, 5.41) is 3.10. The lowest BCUT2D eigenvalue weighted by atomic mass is 10.0. The van der Waals surface area contributed by atoms with Gasteiger partial charge in [-0.2, -0.15) is 0 Å². The molecule has 5 nitrogen and oxygen atoms in total. The Morgan fingerprint density at radius 2 is 2.47 bits per heavy atom. The molecule has 2 atom stereocenters. The molecule has 1 N–H and O–H groups in total. The maximum absolute atomic E-state index is 11.9. The average molecular weight is 256 g/mol. The van der Waals surface area contributed by atoms with Crippen LogP contribution in [0, 0.1) is 5.92 Å². The number of rotatable bonds is 3. The van der Waals surface area contributed by atoms with Crippen LogP contribution in [0.1, 0.15) is 23.8 Å². The number of ether oxygens (including phenoxy) is 1. The molecule has 17 heavy (non-hydrogen) atoms. The summed E-state index contributed by atoms with van der Waals surface area (Å²) >= 11 is 5.68. The second-order valence-corrected chi connectivity index (χ2v) is 4.50. The topological polar surface area (TPSA) is 64.1 Å². The summed E-state index contributed by atoms with van der Waals surface area (Å²) in [4.78, 5) is 19.6. The van der Waals surface area contributed by atoms with Gasteiger partial charge in [0.25, 0.3) is 5.91 Å². The minimum absolute atomic E-state index is 0.0609. The fraction of sp³-hybridized carbons (Fsp3) is 0.545. The Labute approximate surface area is 105 Å². The zero-order valence-corrected chi connectivity index (χ0v) is 10.3. The Morgan fingerprint density at radius 1 is 1.65 bits per heavy atom. The molecule has 1 aliphatic heterocycles.